The summed E-state index contributed by atoms with van der Waals surface area (Å²) in [6.07, 6.45) is 0.589. The maximum atomic E-state index is 12.8. The van der Waals surface area contributed by atoms with Gasteiger partial charge in [-0.25, -0.2) is 0 Å². The van der Waals surface area contributed by atoms with Crippen LogP contribution in [0.2, 0.25) is 0 Å². The Bertz CT molecular complexity index is 1110. The molecule has 0 saturated carbocycles. The van der Waals surface area contributed by atoms with E-state index in [1.54, 1.807) is 12.1 Å². The van der Waals surface area contributed by atoms with E-state index in [4.69, 9.17) is 0 Å². The molecule has 29 heavy (non-hydrogen) atoms. The highest BCUT2D eigenvalue weighted by Crippen LogP contribution is 2.25. The minimum Gasteiger partial charge on any atom is -0.321 e. The minimum absolute atomic E-state index is 0.276. The Hall–Kier alpha value is -3.00. The van der Waals surface area contributed by atoms with Gasteiger partial charge in [-0.2, -0.15) is 0 Å². The van der Waals surface area contributed by atoms with Crippen molar-refractivity contribution in [2.24, 2.45) is 0 Å². The molecule has 0 aromatic heterocycles. The molecule has 0 saturated heterocycles. The predicted molar refractivity (Wildman–Crippen MR) is 119 cm³/mol. The van der Waals surface area contributed by atoms with Gasteiger partial charge in [0.1, 0.15) is 0 Å². The largest absolute Gasteiger partial charge is 0.321 e. The SMILES string of the molecule is O=C(Nc1ccccc1I)c1ccc2c(c1)C(=O)N(CCc1ccccc1)C2=O. The fourth-order valence-corrected chi connectivity index (χ4v) is 3.80. The summed E-state index contributed by atoms with van der Waals surface area (Å²) < 4.78 is 0.915. The quantitative estimate of drug-likeness (QED) is 0.421. The third-order valence-electron chi connectivity index (χ3n) is 4.82. The van der Waals surface area contributed by atoms with Crippen LogP contribution < -0.4 is 5.32 Å². The minimum atomic E-state index is -0.357. The molecular weight excluding hydrogens is 479 g/mol. The fourth-order valence-electron chi connectivity index (χ4n) is 3.28. The number of carbonyl (C=O) groups is 3. The molecule has 3 aromatic carbocycles. The van der Waals surface area contributed by atoms with Crippen LogP contribution in [0.4, 0.5) is 5.69 Å². The van der Waals surface area contributed by atoms with Crippen molar-refractivity contribution in [3.8, 4) is 0 Å². The monoisotopic (exact) mass is 496 g/mol. The lowest BCUT2D eigenvalue weighted by Gasteiger charge is -2.13. The summed E-state index contributed by atoms with van der Waals surface area (Å²) >= 11 is 2.14. The normalized spacial score (nSPS) is 12.8. The lowest BCUT2D eigenvalue weighted by atomic mass is 10.1. The highest BCUT2D eigenvalue weighted by molar-refractivity contribution is 14.1. The van der Waals surface area contributed by atoms with Crippen LogP contribution in [0.25, 0.3) is 0 Å². The van der Waals surface area contributed by atoms with Crippen LogP contribution in [0.15, 0.2) is 72.8 Å². The zero-order chi connectivity index (χ0) is 20.4. The van der Waals surface area contributed by atoms with Crippen LogP contribution in [-0.2, 0) is 6.42 Å². The van der Waals surface area contributed by atoms with Gasteiger partial charge in [0.15, 0.2) is 0 Å². The Morgan fingerprint density at radius 3 is 2.31 bits per heavy atom. The summed E-state index contributed by atoms with van der Waals surface area (Å²) in [7, 11) is 0. The zero-order valence-corrected chi connectivity index (χ0v) is 17.5. The van der Waals surface area contributed by atoms with E-state index < -0.39 is 0 Å². The molecule has 1 aliphatic heterocycles. The first-order valence-corrected chi connectivity index (χ1v) is 10.2. The molecule has 6 heteroatoms. The average Bonchev–Trinajstić information content (AvgIpc) is 2.98. The predicted octanol–water partition coefficient (Wildman–Crippen LogP) is 4.38. The summed E-state index contributed by atoms with van der Waals surface area (Å²) in [5.41, 5.74) is 2.72. The van der Waals surface area contributed by atoms with Crippen LogP contribution in [0.1, 0.15) is 36.6 Å². The number of fused-ring (bicyclic) bond motifs is 1. The summed E-state index contributed by atoms with van der Waals surface area (Å²) in [6, 6.07) is 21.8. The number of rotatable bonds is 5. The number of halogens is 1. The zero-order valence-electron chi connectivity index (χ0n) is 15.4. The second-order valence-electron chi connectivity index (χ2n) is 6.69. The Balaban J connectivity index is 1.52. The van der Waals surface area contributed by atoms with Crippen LogP contribution in [0.3, 0.4) is 0 Å². The van der Waals surface area contributed by atoms with Crippen LogP contribution in [-0.4, -0.2) is 29.2 Å². The molecule has 0 atom stereocenters. The van der Waals surface area contributed by atoms with Crippen molar-refractivity contribution in [1.82, 2.24) is 4.90 Å². The number of amides is 3. The van der Waals surface area contributed by atoms with Gasteiger partial charge in [0.2, 0.25) is 0 Å². The Labute approximate surface area is 181 Å². The van der Waals surface area contributed by atoms with E-state index in [2.05, 4.69) is 27.9 Å². The lowest BCUT2D eigenvalue weighted by molar-refractivity contribution is 0.0656. The van der Waals surface area contributed by atoms with Gasteiger partial charge in [-0.15, -0.1) is 0 Å². The smallest absolute Gasteiger partial charge is 0.261 e. The standard InChI is InChI=1S/C23H17IN2O3/c24-19-8-4-5-9-20(19)25-21(27)16-10-11-17-18(14-16)23(29)26(22(17)28)13-12-15-6-2-1-3-7-15/h1-11,14H,12-13H2,(H,25,27). The molecule has 0 fully saturated rings. The number of benzene rings is 3. The van der Waals surface area contributed by atoms with Crippen LogP contribution >= 0.6 is 22.6 Å². The summed E-state index contributed by atoms with van der Waals surface area (Å²) in [6.45, 7) is 0.306. The van der Waals surface area contributed by atoms with E-state index in [-0.39, 0.29) is 23.3 Å². The number of nitrogens with zero attached hydrogens (tertiary/aromatic N) is 1. The van der Waals surface area contributed by atoms with Crippen molar-refractivity contribution >= 4 is 46.0 Å². The van der Waals surface area contributed by atoms with Crippen LogP contribution in [0.5, 0.6) is 0 Å². The maximum Gasteiger partial charge on any atom is 0.261 e. The third-order valence-corrected chi connectivity index (χ3v) is 5.76. The lowest BCUT2D eigenvalue weighted by Crippen LogP contribution is -2.31. The van der Waals surface area contributed by atoms with Gasteiger partial charge in [-0.3, -0.25) is 19.3 Å². The molecular formula is C23H17IN2O3. The highest BCUT2D eigenvalue weighted by Gasteiger charge is 2.35. The van der Waals surface area contributed by atoms with E-state index in [0.717, 1.165) is 9.13 Å². The van der Waals surface area contributed by atoms with Gasteiger partial charge in [0.05, 0.1) is 16.8 Å². The topological polar surface area (TPSA) is 66.5 Å². The Kier molecular flexibility index (Phi) is 5.44. The second-order valence-corrected chi connectivity index (χ2v) is 7.85. The first kappa shape index (κ1) is 19.3. The van der Waals surface area contributed by atoms with Gasteiger partial charge >= 0.3 is 0 Å². The average molecular weight is 496 g/mol. The van der Waals surface area contributed by atoms with E-state index in [9.17, 15) is 14.4 Å². The molecule has 3 aromatic rings. The summed E-state index contributed by atoms with van der Waals surface area (Å²) in [4.78, 5) is 39.3. The van der Waals surface area contributed by atoms with Gasteiger partial charge in [0, 0.05) is 15.7 Å². The molecule has 4 rings (SSSR count). The van der Waals surface area contributed by atoms with Gasteiger partial charge in [0.25, 0.3) is 17.7 Å². The number of imide groups is 1. The van der Waals surface area contributed by atoms with Gasteiger partial charge in [-0.1, -0.05) is 42.5 Å². The Morgan fingerprint density at radius 2 is 1.55 bits per heavy atom. The molecule has 0 radical (unpaired) electrons. The van der Waals surface area contributed by atoms with Gasteiger partial charge in [-0.05, 0) is 64.9 Å². The number of anilines is 1. The first-order valence-electron chi connectivity index (χ1n) is 9.14. The Morgan fingerprint density at radius 1 is 0.862 bits per heavy atom. The molecule has 5 nitrogen and oxygen atoms in total. The maximum absolute atomic E-state index is 12.8. The van der Waals surface area contributed by atoms with Crippen molar-refractivity contribution in [1.29, 1.82) is 0 Å². The molecule has 0 unspecified atom stereocenters. The van der Waals surface area contributed by atoms with E-state index in [1.165, 1.54) is 11.0 Å². The van der Waals surface area contributed by atoms with Crippen LogP contribution in [0, 0.1) is 3.57 Å². The van der Waals surface area contributed by atoms with Gasteiger partial charge < -0.3 is 5.32 Å². The second kappa shape index (κ2) is 8.16. The van der Waals surface area contributed by atoms with E-state index >= 15 is 0 Å². The fraction of sp³-hybridized carbons (Fsp3) is 0.0870. The number of hydrogen-bond donors (Lipinski definition) is 1. The molecule has 0 spiro atoms. The highest BCUT2D eigenvalue weighted by atomic mass is 127. The molecule has 3 amide bonds. The van der Waals surface area contributed by atoms with E-state index in [1.807, 2.05) is 54.6 Å². The van der Waals surface area contributed by atoms with Crippen molar-refractivity contribution in [2.45, 2.75) is 6.42 Å². The molecule has 0 bridgehead atoms. The summed E-state index contributed by atoms with van der Waals surface area (Å²) in [5, 5.41) is 2.85. The molecule has 0 aliphatic carbocycles. The molecule has 1 N–H and O–H groups in total. The number of nitrogens with one attached hydrogen (secondary N) is 1. The number of carbonyl (C=O) groups excluding carboxylic acids is 3. The van der Waals surface area contributed by atoms with Crippen molar-refractivity contribution in [3.05, 3.63) is 98.6 Å². The number of para-hydroxylation sites is 1. The molecule has 1 aliphatic rings. The third kappa shape index (κ3) is 3.93. The molecule has 144 valence electrons. The van der Waals surface area contributed by atoms with Crippen molar-refractivity contribution in [2.75, 3.05) is 11.9 Å². The first-order chi connectivity index (χ1) is 14.0. The summed E-state index contributed by atoms with van der Waals surface area (Å²) in [5.74, 6) is -0.990. The van der Waals surface area contributed by atoms with Crippen molar-refractivity contribution < 1.29 is 14.4 Å². The molecule has 1 heterocycles. The number of hydrogen-bond acceptors (Lipinski definition) is 3. The van der Waals surface area contributed by atoms with E-state index in [0.29, 0.717) is 29.8 Å². The van der Waals surface area contributed by atoms with Crippen molar-refractivity contribution in [3.63, 3.8) is 0 Å².